The highest BCUT2D eigenvalue weighted by Gasteiger charge is 2.09. The zero-order chi connectivity index (χ0) is 12.1. The van der Waals surface area contributed by atoms with E-state index in [-0.39, 0.29) is 12.1 Å². The van der Waals surface area contributed by atoms with Crippen molar-refractivity contribution < 1.29 is 13.5 Å². The smallest absolute Gasteiger partial charge is 0.126 e. The van der Waals surface area contributed by atoms with E-state index in [0.717, 1.165) is 6.07 Å². The van der Waals surface area contributed by atoms with E-state index in [1.165, 1.54) is 12.1 Å². The van der Waals surface area contributed by atoms with Crippen molar-refractivity contribution in [1.29, 1.82) is 0 Å². The Morgan fingerprint density at radius 1 is 1.19 bits per heavy atom. The Hall–Kier alpha value is -1.00. The van der Waals surface area contributed by atoms with Gasteiger partial charge in [-0.15, -0.1) is 0 Å². The maximum Gasteiger partial charge on any atom is 0.126 e. The van der Waals surface area contributed by atoms with Crippen LogP contribution >= 0.6 is 0 Å². The van der Waals surface area contributed by atoms with Crippen molar-refractivity contribution >= 4 is 0 Å². The standard InChI is InChI=1S/C12H17F2NO/c1-8(16-3)7-15-9(2)10-4-11(13)6-12(14)5-10/h4-6,8-9,15H,7H2,1-3H3. The minimum absolute atomic E-state index is 0.0702. The molecule has 0 saturated carbocycles. The van der Waals surface area contributed by atoms with Gasteiger partial charge >= 0.3 is 0 Å². The molecule has 0 amide bonds. The summed E-state index contributed by atoms with van der Waals surface area (Å²) >= 11 is 0. The van der Waals surface area contributed by atoms with Gasteiger partial charge in [0.05, 0.1) is 6.10 Å². The van der Waals surface area contributed by atoms with E-state index >= 15 is 0 Å². The lowest BCUT2D eigenvalue weighted by molar-refractivity contribution is 0.115. The van der Waals surface area contributed by atoms with E-state index < -0.39 is 11.6 Å². The summed E-state index contributed by atoms with van der Waals surface area (Å²) in [6, 6.07) is 3.42. The molecule has 2 nitrogen and oxygen atoms in total. The fourth-order valence-electron chi connectivity index (χ4n) is 1.37. The highest BCUT2D eigenvalue weighted by atomic mass is 19.1. The quantitative estimate of drug-likeness (QED) is 0.838. The number of ether oxygens (including phenoxy) is 1. The summed E-state index contributed by atoms with van der Waals surface area (Å²) in [7, 11) is 1.62. The summed E-state index contributed by atoms with van der Waals surface area (Å²) in [6.07, 6.45) is 0.0702. The van der Waals surface area contributed by atoms with Gasteiger partial charge in [-0.1, -0.05) is 0 Å². The number of hydrogen-bond acceptors (Lipinski definition) is 2. The normalized spacial score (nSPS) is 14.8. The first kappa shape index (κ1) is 13.1. The zero-order valence-corrected chi connectivity index (χ0v) is 9.76. The molecule has 1 N–H and O–H groups in total. The van der Waals surface area contributed by atoms with E-state index in [1.807, 2.05) is 13.8 Å². The Morgan fingerprint density at radius 2 is 1.75 bits per heavy atom. The van der Waals surface area contributed by atoms with Gasteiger partial charge in [0.15, 0.2) is 0 Å². The summed E-state index contributed by atoms with van der Waals surface area (Å²) in [4.78, 5) is 0. The lowest BCUT2D eigenvalue weighted by Gasteiger charge is -2.17. The van der Waals surface area contributed by atoms with Crippen LogP contribution < -0.4 is 5.32 Å². The van der Waals surface area contributed by atoms with Crippen molar-refractivity contribution in [3.05, 3.63) is 35.4 Å². The summed E-state index contributed by atoms with van der Waals surface area (Å²) in [5.74, 6) is -1.10. The number of nitrogens with one attached hydrogen (secondary N) is 1. The number of methoxy groups -OCH3 is 1. The van der Waals surface area contributed by atoms with Crippen LogP contribution in [0.4, 0.5) is 8.78 Å². The van der Waals surface area contributed by atoms with Crippen molar-refractivity contribution in [2.24, 2.45) is 0 Å². The predicted molar refractivity (Wildman–Crippen MR) is 59.2 cm³/mol. The highest BCUT2D eigenvalue weighted by molar-refractivity contribution is 5.20. The van der Waals surface area contributed by atoms with Crippen LogP contribution in [0, 0.1) is 11.6 Å². The van der Waals surface area contributed by atoms with E-state index in [1.54, 1.807) is 7.11 Å². The van der Waals surface area contributed by atoms with Crippen molar-refractivity contribution in [3.8, 4) is 0 Å². The van der Waals surface area contributed by atoms with Gasteiger partial charge in [-0.25, -0.2) is 8.78 Å². The molecule has 16 heavy (non-hydrogen) atoms. The van der Waals surface area contributed by atoms with Crippen LogP contribution in [0.3, 0.4) is 0 Å². The van der Waals surface area contributed by atoms with E-state index in [9.17, 15) is 8.78 Å². The molecule has 90 valence electrons. The molecule has 0 radical (unpaired) electrons. The first-order chi connectivity index (χ1) is 7.52. The molecule has 0 fully saturated rings. The van der Waals surface area contributed by atoms with Gasteiger partial charge in [-0.3, -0.25) is 0 Å². The molecule has 0 spiro atoms. The second kappa shape index (κ2) is 5.92. The molecule has 0 aliphatic rings. The molecule has 0 saturated heterocycles. The van der Waals surface area contributed by atoms with Gasteiger partial charge in [0.1, 0.15) is 11.6 Å². The number of rotatable bonds is 5. The number of benzene rings is 1. The summed E-state index contributed by atoms with van der Waals surface area (Å²) in [5, 5.41) is 3.15. The minimum Gasteiger partial charge on any atom is -0.380 e. The molecule has 0 heterocycles. The lowest BCUT2D eigenvalue weighted by Crippen LogP contribution is -2.28. The van der Waals surface area contributed by atoms with Crippen molar-refractivity contribution in [2.75, 3.05) is 13.7 Å². The molecule has 1 aromatic rings. The maximum absolute atomic E-state index is 13.0. The van der Waals surface area contributed by atoms with Crippen LogP contribution in [-0.4, -0.2) is 19.8 Å². The summed E-state index contributed by atoms with van der Waals surface area (Å²) in [6.45, 7) is 4.41. The van der Waals surface area contributed by atoms with Gasteiger partial charge < -0.3 is 10.1 Å². The Bertz CT molecular complexity index is 324. The molecular formula is C12H17F2NO. The second-order valence-corrected chi connectivity index (χ2v) is 3.88. The van der Waals surface area contributed by atoms with Crippen LogP contribution in [0.1, 0.15) is 25.5 Å². The van der Waals surface area contributed by atoms with Gasteiger partial charge in [-0.05, 0) is 31.5 Å². The first-order valence-electron chi connectivity index (χ1n) is 5.25. The van der Waals surface area contributed by atoms with Gasteiger partial charge in [-0.2, -0.15) is 0 Å². The molecular weight excluding hydrogens is 212 g/mol. The number of hydrogen-bond donors (Lipinski definition) is 1. The Kier molecular flexibility index (Phi) is 4.83. The van der Waals surface area contributed by atoms with Crippen LogP contribution in [0.25, 0.3) is 0 Å². The zero-order valence-electron chi connectivity index (χ0n) is 9.76. The topological polar surface area (TPSA) is 21.3 Å². The van der Waals surface area contributed by atoms with Gasteiger partial charge in [0.25, 0.3) is 0 Å². The fraction of sp³-hybridized carbons (Fsp3) is 0.500. The summed E-state index contributed by atoms with van der Waals surface area (Å²) in [5.41, 5.74) is 0.598. The minimum atomic E-state index is -0.552. The second-order valence-electron chi connectivity index (χ2n) is 3.88. The monoisotopic (exact) mass is 229 g/mol. The van der Waals surface area contributed by atoms with Crippen LogP contribution in [-0.2, 0) is 4.74 Å². The third-order valence-corrected chi connectivity index (χ3v) is 2.50. The first-order valence-corrected chi connectivity index (χ1v) is 5.25. The third kappa shape index (κ3) is 3.87. The van der Waals surface area contributed by atoms with Crippen molar-refractivity contribution in [2.45, 2.75) is 26.0 Å². The molecule has 4 heteroatoms. The SMILES string of the molecule is COC(C)CNC(C)c1cc(F)cc(F)c1. The van der Waals surface area contributed by atoms with Crippen molar-refractivity contribution in [3.63, 3.8) is 0 Å². The molecule has 2 atom stereocenters. The largest absolute Gasteiger partial charge is 0.380 e. The lowest BCUT2D eigenvalue weighted by atomic mass is 10.1. The van der Waals surface area contributed by atoms with E-state index in [2.05, 4.69) is 5.32 Å². The molecule has 2 unspecified atom stereocenters. The van der Waals surface area contributed by atoms with Gasteiger partial charge in [0, 0.05) is 25.8 Å². The van der Waals surface area contributed by atoms with Crippen LogP contribution in [0.5, 0.6) is 0 Å². The predicted octanol–water partition coefficient (Wildman–Crippen LogP) is 2.65. The van der Waals surface area contributed by atoms with E-state index in [4.69, 9.17) is 4.74 Å². The van der Waals surface area contributed by atoms with Crippen LogP contribution in [0.2, 0.25) is 0 Å². The Labute approximate surface area is 94.6 Å². The maximum atomic E-state index is 13.0. The molecule has 0 bridgehead atoms. The molecule has 1 aromatic carbocycles. The Balaban J connectivity index is 2.62. The molecule has 0 aliphatic heterocycles. The van der Waals surface area contributed by atoms with Crippen LogP contribution in [0.15, 0.2) is 18.2 Å². The summed E-state index contributed by atoms with van der Waals surface area (Å²) < 4.78 is 31.0. The van der Waals surface area contributed by atoms with Gasteiger partial charge in [0.2, 0.25) is 0 Å². The van der Waals surface area contributed by atoms with E-state index in [0.29, 0.717) is 12.1 Å². The third-order valence-electron chi connectivity index (χ3n) is 2.50. The fourth-order valence-corrected chi connectivity index (χ4v) is 1.37. The Morgan fingerprint density at radius 3 is 2.25 bits per heavy atom. The van der Waals surface area contributed by atoms with Crippen molar-refractivity contribution in [1.82, 2.24) is 5.32 Å². The number of halogens is 2. The average Bonchev–Trinajstić information content (AvgIpc) is 2.23. The molecule has 0 aromatic heterocycles. The molecule has 1 rings (SSSR count). The highest BCUT2D eigenvalue weighted by Crippen LogP contribution is 2.15. The molecule has 0 aliphatic carbocycles. The average molecular weight is 229 g/mol.